The Balaban J connectivity index is 1.28. The van der Waals surface area contributed by atoms with E-state index in [9.17, 15) is 4.79 Å². The zero-order valence-electron chi connectivity index (χ0n) is 23.1. The van der Waals surface area contributed by atoms with Crippen molar-refractivity contribution >= 4 is 17.7 Å². The molecular weight excluding hydrogens is 510 g/mol. The van der Waals surface area contributed by atoms with Crippen molar-refractivity contribution in [3.63, 3.8) is 0 Å². The molecule has 2 aliphatic rings. The number of benzene rings is 1. The van der Waals surface area contributed by atoms with Gasteiger partial charge in [-0.1, -0.05) is 32.9 Å². The molecule has 208 valence electrons. The number of oxazole rings is 1. The molecule has 0 radical (unpaired) electrons. The molecule has 2 aliphatic heterocycles. The van der Waals surface area contributed by atoms with Crippen LogP contribution in [-0.2, 0) is 23.7 Å². The Morgan fingerprint density at radius 3 is 2.67 bits per heavy atom. The van der Waals surface area contributed by atoms with Gasteiger partial charge in [-0.3, -0.25) is 14.4 Å². The van der Waals surface area contributed by atoms with Gasteiger partial charge in [0.1, 0.15) is 12.6 Å². The van der Waals surface area contributed by atoms with E-state index in [1.54, 1.807) is 4.68 Å². The van der Waals surface area contributed by atoms with E-state index in [-0.39, 0.29) is 23.1 Å². The van der Waals surface area contributed by atoms with Gasteiger partial charge in [0.25, 0.3) is 5.91 Å². The molecule has 12 heteroatoms. The number of hydrogen-bond acceptors (Lipinski definition) is 10. The second kappa shape index (κ2) is 10.4. The highest BCUT2D eigenvalue weighted by atomic mass is 16.5. The summed E-state index contributed by atoms with van der Waals surface area (Å²) in [5.74, 6) is 1.91. The molecule has 1 saturated heterocycles. The van der Waals surface area contributed by atoms with E-state index < -0.39 is 0 Å². The number of nitrogens with one attached hydrogen (secondary N) is 2. The first-order valence-electron chi connectivity index (χ1n) is 13.4. The van der Waals surface area contributed by atoms with Crippen LogP contribution in [0.3, 0.4) is 0 Å². The van der Waals surface area contributed by atoms with Gasteiger partial charge in [0.15, 0.2) is 23.2 Å². The van der Waals surface area contributed by atoms with E-state index in [1.807, 2.05) is 46.1 Å². The minimum atomic E-state index is -0.281. The lowest BCUT2D eigenvalue weighted by atomic mass is 9.96. The lowest BCUT2D eigenvalue weighted by molar-refractivity contribution is -0.0678. The molecule has 0 saturated carbocycles. The van der Waals surface area contributed by atoms with E-state index in [4.69, 9.17) is 9.15 Å². The lowest BCUT2D eigenvalue weighted by Crippen LogP contribution is -2.48. The summed E-state index contributed by atoms with van der Waals surface area (Å²) >= 11 is 0. The third-order valence-corrected chi connectivity index (χ3v) is 7.20. The van der Waals surface area contributed by atoms with Crippen molar-refractivity contribution in [2.45, 2.75) is 51.2 Å². The predicted molar refractivity (Wildman–Crippen MR) is 147 cm³/mol. The summed E-state index contributed by atoms with van der Waals surface area (Å²) in [5.41, 5.74) is 3.06. The van der Waals surface area contributed by atoms with Gasteiger partial charge in [0.05, 0.1) is 25.3 Å². The summed E-state index contributed by atoms with van der Waals surface area (Å²) in [6.07, 6.45) is 5.54. The van der Waals surface area contributed by atoms with Crippen LogP contribution >= 0.6 is 0 Å². The molecule has 0 aliphatic carbocycles. The molecule has 12 nitrogen and oxygen atoms in total. The average Bonchev–Trinajstić information content (AvgIpc) is 3.51. The van der Waals surface area contributed by atoms with Crippen molar-refractivity contribution in [3.05, 3.63) is 65.8 Å². The van der Waals surface area contributed by atoms with Crippen molar-refractivity contribution < 1.29 is 13.9 Å². The number of hydrogen-bond donors (Lipinski definition) is 2. The molecule has 2 N–H and O–H groups in total. The summed E-state index contributed by atoms with van der Waals surface area (Å²) in [4.78, 5) is 33.4. The van der Waals surface area contributed by atoms with Crippen LogP contribution in [0.25, 0.3) is 11.4 Å². The fourth-order valence-electron chi connectivity index (χ4n) is 4.91. The monoisotopic (exact) mass is 543 g/mol. The molecule has 6 rings (SSSR count). The Bertz CT molecular complexity index is 1520. The number of aryl methyl sites for hydroxylation is 1. The average molecular weight is 544 g/mol. The standard InChI is InChI=1S/C28H33N9O3/c1-28(2,3)26-32-22(15-40-26)25(38)31-21-7-10-37(19-13-39-14-19)12-18-11-17(5-6-20(18)21)24-29-16-30-27(34-24)33-23-8-9-36(4)35-23/h5-6,8-9,11,15-16,19,21H,7,10,12-14H2,1-4H3,(H,31,38)(H,29,30,33,34,35). The number of aromatic nitrogens is 6. The molecule has 1 unspecified atom stereocenters. The lowest BCUT2D eigenvalue weighted by Gasteiger charge is -2.36. The number of carbonyl (C=O) groups excluding carboxylic acids is 1. The number of ether oxygens (including phenoxy) is 1. The Kier molecular flexibility index (Phi) is 6.80. The third kappa shape index (κ3) is 5.45. The molecule has 4 aromatic rings. The van der Waals surface area contributed by atoms with Gasteiger partial charge in [0, 0.05) is 43.4 Å². The Morgan fingerprint density at radius 1 is 1.12 bits per heavy atom. The quantitative estimate of drug-likeness (QED) is 0.372. The Hall–Kier alpha value is -4.16. The fourth-order valence-corrected chi connectivity index (χ4v) is 4.91. The molecule has 1 fully saturated rings. The molecule has 0 bridgehead atoms. The highest BCUT2D eigenvalue weighted by Gasteiger charge is 2.32. The zero-order valence-corrected chi connectivity index (χ0v) is 23.1. The van der Waals surface area contributed by atoms with Gasteiger partial charge in [-0.15, -0.1) is 0 Å². The minimum Gasteiger partial charge on any atom is -0.448 e. The third-order valence-electron chi connectivity index (χ3n) is 7.20. The van der Waals surface area contributed by atoms with Gasteiger partial charge in [-0.25, -0.2) is 15.0 Å². The van der Waals surface area contributed by atoms with Crippen molar-refractivity contribution in [1.29, 1.82) is 0 Å². The molecule has 1 atom stereocenters. The van der Waals surface area contributed by atoms with Crippen molar-refractivity contribution in [3.8, 4) is 11.4 Å². The molecule has 5 heterocycles. The predicted octanol–water partition coefficient (Wildman–Crippen LogP) is 3.38. The van der Waals surface area contributed by atoms with E-state index in [0.717, 1.165) is 49.4 Å². The maximum absolute atomic E-state index is 13.2. The highest BCUT2D eigenvalue weighted by Crippen LogP contribution is 2.32. The van der Waals surface area contributed by atoms with Crippen molar-refractivity contribution in [1.82, 2.24) is 39.9 Å². The van der Waals surface area contributed by atoms with Crippen LogP contribution in [0.1, 0.15) is 60.7 Å². The summed E-state index contributed by atoms with van der Waals surface area (Å²) in [5, 5.41) is 10.7. The van der Waals surface area contributed by atoms with Crippen LogP contribution in [0.5, 0.6) is 0 Å². The summed E-state index contributed by atoms with van der Waals surface area (Å²) in [6.45, 7) is 9.02. The van der Waals surface area contributed by atoms with Crippen LogP contribution in [0.2, 0.25) is 0 Å². The van der Waals surface area contributed by atoms with Crippen molar-refractivity contribution in [2.75, 3.05) is 25.1 Å². The number of amides is 1. The summed E-state index contributed by atoms with van der Waals surface area (Å²) in [6, 6.07) is 8.20. The Labute approximate surface area is 232 Å². The van der Waals surface area contributed by atoms with Crippen LogP contribution in [0.15, 0.2) is 47.5 Å². The molecule has 40 heavy (non-hydrogen) atoms. The number of carbonyl (C=O) groups is 1. The van der Waals surface area contributed by atoms with Crippen LogP contribution in [0.4, 0.5) is 11.8 Å². The van der Waals surface area contributed by atoms with Crippen LogP contribution in [-0.4, -0.2) is 66.3 Å². The van der Waals surface area contributed by atoms with Gasteiger partial charge in [-0.2, -0.15) is 10.1 Å². The molecule has 0 spiro atoms. The van der Waals surface area contributed by atoms with E-state index in [1.165, 1.54) is 12.6 Å². The maximum Gasteiger partial charge on any atom is 0.273 e. The molecule has 3 aromatic heterocycles. The highest BCUT2D eigenvalue weighted by molar-refractivity contribution is 5.92. The topological polar surface area (TPSA) is 136 Å². The number of anilines is 2. The number of rotatable bonds is 6. The Morgan fingerprint density at radius 2 is 1.98 bits per heavy atom. The zero-order chi connectivity index (χ0) is 27.9. The van der Waals surface area contributed by atoms with Crippen LogP contribution in [0, 0.1) is 0 Å². The van der Waals surface area contributed by atoms with E-state index >= 15 is 0 Å². The molecular formula is C28H33N9O3. The normalized spacial score (nSPS) is 18.1. The SMILES string of the molecule is Cn1ccc(Nc2ncnc(-c3ccc4c(c3)CN(C3COC3)CCC4NC(=O)c3coc(C(C)(C)C)n3)n2)n1. The van der Waals surface area contributed by atoms with Gasteiger partial charge in [-0.05, 0) is 23.6 Å². The first-order chi connectivity index (χ1) is 19.2. The second-order valence-corrected chi connectivity index (χ2v) is 11.3. The van der Waals surface area contributed by atoms with E-state index in [2.05, 4.69) is 52.7 Å². The van der Waals surface area contributed by atoms with E-state index in [0.29, 0.717) is 29.5 Å². The summed E-state index contributed by atoms with van der Waals surface area (Å²) < 4.78 is 12.8. The molecule has 1 aromatic carbocycles. The second-order valence-electron chi connectivity index (χ2n) is 11.3. The largest absolute Gasteiger partial charge is 0.448 e. The molecule has 1 amide bonds. The smallest absolute Gasteiger partial charge is 0.273 e. The number of fused-ring (bicyclic) bond motifs is 1. The minimum absolute atomic E-state index is 0.183. The number of nitrogens with zero attached hydrogens (tertiary/aromatic N) is 7. The van der Waals surface area contributed by atoms with Crippen LogP contribution < -0.4 is 10.6 Å². The van der Waals surface area contributed by atoms with Crippen molar-refractivity contribution in [2.24, 2.45) is 7.05 Å². The summed E-state index contributed by atoms with van der Waals surface area (Å²) in [7, 11) is 1.85. The van der Waals surface area contributed by atoms with Gasteiger partial charge >= 0.3 is 0 Å². The van der Waals surface area contributed by atoms with Gasteiger partial charge < -0.3 is 19.8 Å². The fraction of sp³-hybridized carbons (Fsp3) is 0.429. The maximum atomic E-state index is 13.2. The van der Waals surface area contributed by atoms with Gasteiger partial charge in [0.2, 0.25) is 5.95 Å². The first kappa shape index (κ1) is 26.1. The first-order valence-corrected chi connectivity index (χ1v) is 13.4.